The second kappa shape index (κ2) is 8.74. The van der Waals surface area contributed by atoms with E-state index in [1.54, 1.807) is 18.2 Å². The number of hydrogen-bond acceptors (Lipinski definition) is 3. The largest absolute Gasteiger partial charge is 0.352 e. The first-order chi connectivity index (χ1) is 8.58. The number of nitrogens with one attached hydrogen (secondary N) is 2. The summed E-state index contributed by atoms with van der Waals surface area (Å²) in [6, 6.07) is 4.72. The summed E-state index contributed by atoms with van der Waals surface area (Å²) in [5.74, 6) is -0.498. The van der Waals surface area contributed by atoms with Gasteiger partial charge in [0.05, 0.1) is 11.3 Å². The molecule has 0 saturated heterocycles. The van der Waals surface area contributed by atoms with E-state index in [4.69, 9.17) is 17.3 Å². The molecule has 0 heterocycles. The summed E-state index contributed by atoms with van der Waals surface area (Å²) >= 11 is 5.85. The zero-order chi connectivity index (χ0) is 13.5. The predicted octanol–water partition coefficient (Wildman–Crippen LogP) is 1.80. The fourth-order valence-electron chi connectivity index (χ4n) is 1.42. The van der Waals surface area contributed by atoms with Gasteiger partial charge in [0.1, 0.15) is 0 Å². The Bertz CT molecular complexity index is 453. The molecule has 19 heavy (non-hydrogen) atoms. The van der Waals surface area contributed by atoms with E-state index in [2.05, 4.69) is 10.6 Å². The van der Waals surface area contributed by atoms with Crippen LogP contribution in [0.5, 0.6) is 0 Å². The Balaban J connectivity index is 0.00000324. The number of amides is 2. The van der Waals surface area contributed by atoms with E-state index in [1.165, 1.54) is 0 Å². The molecule has 0 aliphatic rings. The third-order valence-electron chi connectivity index (χ3n) is 2.21. The zero-order valence-electron chi connectivity index (χ0n) is 10.5. The van der Waals surface area contributed by atoms with E-state index in [1.807, 2.05) is 6.92 Å². The van der Waals surface area contributed by atoms with Gasteiger partial charge in [0, 0.05) is 24.5 Å². The van der Waals surface area contributed by atoms with Crippen LogP contribution in [0.4, 0.5) is 5.69 Å². The Hall–Kier alpha value is -1.30. The molecule has 0 unspecified atom stereocenters. The number of carbonyl (C=O) groups is 2. The van der Waals surface area contributed by atoms with Crippen molar-refractivity contribution >= 4 is 41.5 Å². The molecule has 0 spiro atoms. The summed E-state index contributed by atoms with van der Waals surface area (Å²) in [7, 11) is 0. The normalized spacial score (nSPS) is 9.42. The number of halogens is 2. The van der Waals surface area contributed by atoms with Crippen molar-refractivity contribution in [2.45, 2.75) is 13.3 Å². The van der Waals surface area contributed by atoms with E-state index >= 15 is 0 Å². The van der Waals surface area contributed by atoms with Gasteiger partial charge in [0.15, 0.2) is 0 Å². The quantitative estimate of drug-likeness (QED) is 0.775. The van der Waals surface area contributed by atoms with Crippen molar-refractivity contribution in [2.24, 2.45) is 5.73 Å². The highest BCUT2D eigenvalue weighted by Gasteiger charge is 2.13. The van der Waals surface area contributed by atoms with E-state index in [9.17, 15) is 9.59 Å². The van der Waals surface area contributed by atoms with E-state index in [0.717, 1.165) is 0 Å². The Morgan fingerprint density at radius 2 is 2.05 bits per heavy atom. The first kappa shape index (κ1) is 17.7. The molecule has 0 atom stereocenters. The molecule has 0 aliphatic carbocycles. The lowest BCUT2D eigenvalue weighted by Gasteiger charge is -2.11. The standard InChI is InChI=1S/C12H16ClN3O2.ClH/c1-2-15-12(18)9-4-3-8(13)7-10(9)16-11(17)5-6-14;/h3-4,7H,2,5-6,14H2,1H3,(H,15,18)(H,16,17);1H. The highest BCUT2D eigenvalue weighted by molar-refractivity contribution is 6.31. The minimum atomic E-state index is -0.253. The number of carbonyl (C=O) groups excluding carboxylic acids is 2. The minimum absolute atomic E-state index is 0. The topological polar surface area (TPSA) is 84.2 Å². The fraction of sp³-hybridized carbons (Fsp3) is 0.333. The van der Waals surface area contributed by atoms with Gasteiger partial charge in [-0.1, -0.05) is 11.6 Å². The third kappa shape index (κ3) is 5.46. The molecule has 1 aromatic rings. The molecule has 1 aromatic carbocycles. The smallest absolute Gasteiger partial charge is 0.253 e. The summed E-state index contributed by atoms with van der Waals surface area (Å²) in [4.78, 5) is 23.3. The number of anilines is 1. The van der Waals surface area contributed by atoms with Crippen LogP contribution in [0.1, 0.15) is 23.7 Å². The monoisotopic (exact) mass is 305 g/mol. The van der Waals surface area contributed by atoms with Crippen molar-refractivity contribution < 1.29 is 9.59 Å². The maximum Gasteiger partial charge on any atom is 0.253 e. The molecule has 4 N–H and O–H groups in total. The molecule has 0 bridgehead atoms. The summed E-state index contributed by atoms with van der Waals surface area (Å²) in [5.41, 5.74) is 6.07. The molecule has 0 saturated carbocycles. The maximum atomic E-state index is 11.8. The fourth-order valence-corrected chi connectivity index (χ4v) is 1.59. The summed E-state index contributed by atoms with van der Waals surface area (Å²) < 4.78 is 0. The van der Waals surface area contributed by atoms with Gasteiger partial charge >= 0.3 is 0 Å². The molecule has 7 heteroatoms. The van der Waals surface area contributed by atoms with Crippen LogP contribution in [0, 0.1) is 0 Å². The first-order valence-electron chi connectivity index (χ1n) is 5.66. The Labute approximate surface area is 123 Å². The Morgan fingerprint density at radius 3 is 2.63 bits per heavy atom. The number of benzene rings is 1. The molecule has 0 radical (unpaired) electrons. The molecule has 2 amide bonds. The summed E-state index contributed by atoms with van der Waals surface area (Å²) in [6.45, 7) is 2.58. The molecule has 106 valence electrons. The van der Waals surface area contributed by atoms with Crippen molar-refractivity contribution in [3.8, 4) is 0 Å². The predicted molar refractivity (Wildman–Crippen MR) is 79.0 cm³/mol. The Morgan fingerprint density at radius 1 is 1.37 bits per heavy atom. The summed E-state index contributed by atoms with van der Waals surface area (Å²) in [5, 5.41) is 5.75. The highest BCUT2D eigenvalue weighted by atomic mass is 35.5. The number of hydrogen-bond donors (Lipinski definition) is 3. The molecule has 0 fully saturated rings. The molecular formula is C12H17Cl2N3O2. The average Bonchev–Trinajstić information content (AvgIpc) is 2.29. The van der Waals surface area contributed by atoms with E-state index in [0.29, 0.717) is 22.8 Å². The maximum absolute atomic E-state index is 11.8. The number of rotatable bonds is 5. The van der Waals surface area contributed by atoms with E-state index < -0.39 is 0 Å². The minimum Gasteiger partial charge on any atom is -0.352 e. The second-order valence-electron chi connectivity index (χ2n) is 3.64. The molecule has 1 rings (SSSR count). The van der Waals surface area contributed by atoms with Crippen LogP contribution in [0.2, 0.25) is 5.02 Å². The number of nitrogens with two attached hydrogens (primary N) is 1. The van der Waals surface area contributed by atoms with Crippen LogP contribution in [-0.4, -0.2) is 24.9 Å². The van der Waals surface area contributed by atoms with Crippen LogP contribution < -0.4 is 16.4 Å². The Kier molecular flexibility index (Phi) is 8.14. The lowest BCUT2D eigenvalue weighted by molar-refractivity contribution is -0.116. The van der Waals surface area contributed by atoms with Gasteiger partial charge in [-0.2, -0.15) is 0 Å². The highest BCUT2D eigenvalue weighted by Crippen LogP contribution is 2.21. The van der Waals surface area contributed by atoms with Crippen molar-refractivity contribution in [3.63, 3.8) is 0 Å². The zero-order valence-corrected chi connectivity index (χ0v) is 12.1. The van der Waals surface area contributed by atoms with E-state index in [-0.39, 0.29) is 37.2 Å². The van der Waals surface area contributed by atoms with Crippen LogP contribution in [-0.2, 0) is 4.79 Å². The van der Waals surface area contributed by atoms with Crippen LogP contribution >= 0.6 is 24.0 Å². The van der Waals surface area contributed by atoms with Gasteiger partial charge in [0.25, 0.3) is 5.91 Å². The van der Waals surface area contributed by atoms with Crippen molar-refractivity contribution in [1.82, 2.24) is 5.32 Å². The lowest BCUT2D eigenvalue weighted by Crippen LogP contribution is -2.25. The van der Waals surface area contributed by atoms with Gasteiger partial charge in [-0.25, -0.2) is 0 Å². The van der Waals surface area contributed by atoms with Crippen molar-refractivity contribution in [3.05, 3.63) is 28.8 Å². The molecular weight excluding hydrogens is 289 g/mol. The second-order valence-corrected chi connectivity index (χ2v) is 4.07. The summed E-state index contributed by atoms with van der Waals surface area (Å²) in [6.07, 6.45) is 0.196. The van der Waals surface area contributed by atoms with Gasteiger partial charge in [0.2, 0.25) is 5.91 Å². The van der Waals surface area contributed by atoms with Crippen LogP contribution in [0.15, 0.2) is 18.2 Å². The molecule has 0 aliphatic heterocycles. The molecule has 5 nitrogen and oxygen atoms in total. The van der Waals surface area contributed by atoms with Gasteiger partial charge in [-0.15, -0.1) is 12.4 Å². The average molecular weight is 306 g/mol. The third-order valence-corrected chi connectivity index (χ3v) is 2.44. The SMILES string of the molecule is CCNC(=O)c1ccc(Cl)cc1NC(=O)CCN.Cl. The first-order valence-corrected chi connectivity index (χ1v) is 6.04. The van der Waals surface area contributed by atoms with Crippen LogP contribution in [0.3, 0.4) is 0 Å². The van der Waals surface area contributed by atoms with Crippen molar-refractivity contribution in [2.75, 3.05) is 18.4 Å². The van der Waals surface area contributed by atoms with Crippen molar-refractivity contribution in [1.29, 1.82) is 0 Å². The van der Waals surface area contributed by atoms with Gasteiger partial charge < -0.3 is 16.4 Å². The van der Waals surface area contributed by atoms with Gasteiger partial charge in [-0.3, -0.25) is 9.59 Å². The lowest BCUT2D eigenvalue weighted by atomic mass is 10.1. The molecule has 0 aromatic heterocycles. The van der Waals surface area contributed by atoms with Gasteiger partial charge in [-0.05, 0) is 25.1 Å². The van der Waals surface area contributed by atoms with Crippen LogP contribution in [0.25, 0.3) is 0 Å².